The number of hydrogen-bond acceptors (Lipinski definition) is 7. The van der Waals surface area contributed by atoms with Crippen molar-refractivity contribution >= 4 is 41.0 Å². The maximum Gasteiger partial charge on any atom is 0.288 e. The zero-order chi connectivity index (χ0) is 28.5. The summed E-state index contributed by atoms with van der Waals surface area (Å²) in [5, 5.41) is 6.63. The number of halogens is 3. The topological polar surface area (TPSA) is 137 Å². The van der Waals surface area contributed by atoms with E-state index in [0.29, 0.717) is 25.9 Å². The number of nitrogens with zero attached hydrogens (tertiary/aromatic N) is 4. The first-order chi connectivity index (χ1) is 18.4. The van der Waals surface area contributed by atoms with Gasteiger partial charge in [0, 0.05) is 19.2 Å². The standard InChI is InChI=1S/C25H34ClF2N7O4/c1-25(2,3)19(32-17-9-16(27)30-12-31-17)24(39)34-10-13-5-4-6-15(13)18(34)23(38)35(33-22(37)20(26)28)11-14-7-8-29-21(14)36/h9,12-15,18-20H,4-8,10-11H2,1-3H3,(H,29,36)(H,33,37)(H,30,31,32)/t13-,14-,15-,18-,19+,20-/m0/s1. The number of alkyl halides is 2. The van der Waals surface area contributed by atoms with Crippen LogP contribution in [0.3, 0.4) is 0 Å². The van der Waals surface area contributed by atoms with E-state index in [2.05, 4.69) is 26.0 Å². The summed E-state index contributed by atoms with van der Waals surface area (Å²) >= 11 is 5.32. The molecule has 0 bridgehead atoms. The van der Waals surface area contributed by atoms with Crippen molar-refractivity contribution in [3.63, 3.8) is 0 Å². The molecule has 1 aromatic rings. The van der Waals surface area contributed by atoms with Crippen LogP contribution >= 0.6 is 11.6 Å². The number of fused-ring (bicyclic) bond motifs is 1. The molecule has 14 heteroatoms. The molecule has 3 N–H and O–H groups in total. The minimum Gasteiger partial charge on any atom is -0.358 e. The van der Waals surface area contributed by atoms with Crippen LogP contribution in [-0.2, 0) is 19.2 Å². The number of nitrogens with one attached hydrogen (secondary N) is 3. The Balaban J connectivity index is 1.64. The van der Waals surface area contributed by atoms with E-state index < -0.39 is 46.8 Å². The Morgan fingerprint density at radius 1 is 1.26 bits per heavy atom. The highest BCUT2D eigenvalue weighted by molar-refractivity contribution is 6.29. The van der Waals surface area contributed by atoms with Gasteiger partial charge in [-0.15, -0.1) is 0 Å². The van der Waals surface area contributed by atoms with E-state index in [9.17, 15) is 28.0 Å². The highest BCUT2D eigenvalue weighted by Gasteiger charge is 2.53. The summed E-state index contributed by atoms with van der Waals surface area (Å²) in [7, 11) is 0. The second-order valence-electron chi connectivity index (χ2n) is 11.5. The lowest BCUT2D eigenvalue weighted by Crippen LogP contribution is -2.60. The predicted molar refractivity (Wildman–Crippen MR) is 137 cm³/mol. The summed E-state index contributed by atoms with van der Waals surface area (Å²) in [6, 6.07) is -0.754. The van der Waals surface area contributed by atoms with Gasteiger partial charge in [-0.1, -0.05) is 38.8 Å². The van der Waals surface area contributed by atoms with Gasteiger partial charge in [0.2, 0.25) is 17.8 Å². The Morgan fingerprint density at radius 2 is 2.00 bits per heavy atom. The molecule has 0 aromatic carbocycles. The molecule has 1 saturated carbocycles. The number of carbonyl (C=O) groups excluding carboxylic acids is 4. The van der Waals surface area contributed by atoms with Crippen LogP contribution in [0.15, 0.2) is 12.4 Å². The van der Waals surface area contributed by atoms with Crippen LogP contribution in [-0.4, -0.2) is 80.9 Å². The lowest BCUT2D eigenvalue weighted by atomic mass is 9.85. The first kappa shape index (κ1) is 28.9. The number of anilines is 1. The van der Waals surface area contributed by atoms with Gasteiger partial charge < -0.3 is 15.5 Å². The van der Waals surface area contributed by atoms with Crippen LogP contribution in [0.25, 0.3) is 0 Å². The second kappa shape index (κ2) is 11.6. The minimum absolute atomic E-state index is 0.0642. The van der Waals surface area contributed by atoms with Crippen LogP contribution in [0.1, 0.15) is 46.5 Å². The molecular formula is C25H34ClF2N7O4. The Bertz CT molecular complexity index is 1120. The van der Waals surface area contributed by atoms with Crippen molar-refractivity contribution in [3.05, 3.63) is 18.3 Å². The van der Waals surface area contributed by atoms with Gasteiger partial charge in [-0.2, -0.15) is 4.39 Å². The van der Waals surface area contributed by atoms with Crippen molar-refractivity contribution in [1.29, 1.82) is 0 Å². The fourth-order valence-electron chi connectivity index (χ4n) is 5.80. The molecule has 2 saturated heterocycles. The number of rotatable bonds is 7. The van der Waals surface area contributed by atoms with Gasteiger partial charge >= 0.3 is 0 Å². The summed E-state index contributed by atoms with van der Waals surface area (Å²) < 4.78 is 27.4. The Hall–Kier alpha value is -3.09. The fraction of sp³-hybridized carbons (Fsp3) is 0.680. The first-order valence-electron chi connectivity index (χ1n) is 13.1. The van der Waals surface area contributed by atoms with Crippen molar-refractivity contribution in [1.82, 2.24) is 30.6 Å². The zero-order valence-electron chi connectivity index (χ0n) is 22.1. The summed E-state index contributed by atoms with van der Waals surface area (Å²) in [5.41, 5.74) is -0.838. The third-order valence-corrected chi connectivity index (χ3v) is 7.94. The van der Waals surface area contributed by atoms with Gasteiger partial charge in [0.15, 0.2) is 0 Å². The lowest BCUT2D eigenvalue weighted by molar-refractivity contribution is -0.152. The average molecular weight is 570 g/mol. The number of amides is 4. The monoisotopic (exact) mass is 569 g/mol. The van der Waals surface area contributed by atoms with Crippen LogP contribution in [0.5, 0.6) is 0 Å². The van der Waals surface area contributed by atoms with E-state index in [1.807, 2.05) is 20.8 Å². The van der Waals surface area contributed by atoms with E-state index in [-0.39, 0.29) is 36.0 Å². The molecular weight excluding hydrogens is 536 g/mol. The molecule has 1 aliphatic carbocycles. The fourth-order valence-corrected chi connectivity index (χ4v) is 5.84. The molecule has 0 radical (unpaired) electrons. The van der Waals surface area contributed by atoms with Crippen molar-refractivity contribution in [3.8, 4) is 0 Å². The summed E-state index contributed by atoms with van der Waals surface area (Å²) in [5.74, 6) is -3.87. The van der Waals surface area contributed by atoms with Crippen LogP contribution in [0.4, 0.5) is 14.6 Å². The van der Waals surface area contributed by atoms with E-state index in [1.54, 1.807) is 0 Å². The number of aromatic nitrogens is 2. The Labute approximate surface area is 230 Å². The van der Waals surface area contributed by atoms with Crippen LogP contribution < -0.4 is 16.1 Å². The molecule has 3 heterocycles. The highest BCUT2D eigenvalue weighted by atomic mass is 35.5. The third-order valence-electron chi connectivity index (χ3n) is 7.74. The molecule has 214 valence electrons. The first-order valence-corrected chi connectivity index (χ1v) is 13.5. The van der Waals surface area contributed by atoms with Crippen LogP contribution in [0.2, 0.25) is 0 Å². The van der Waals surface area contributed by atoms with E-state index >= 15 is 0 Å². The van der Waals surface area contributed by atoms with E-state index in [4.69, 9.17) is 11.6 Å². The minimum atomic E-state index is -2.40. The van der Waals surface area contributed by atoms with Crippen LogP contribution in [0, 0.1) is 29.1 Å². The van der Waals surface area contributed by atoms with Gasteiger partial charge in [-0.3, -0.25) is 29.6 Å². The molecule has 0 unspecified atom stereocenters. The second-order valence-corrected chi connectivity index (χ2v) is 11.8. The SMILES string of the molecule is CC(C)(C)[C@H](Nc1cc(F)ncn1)C(=O)N1C[C@@H]2CCC[C@@H]2[C@H]1C(=O)N(C[C@@H]1CCNC1=O)NC(=O)[C@H](F)Cl. The zero-order valence-corrected chi connectivity index (χ0v) is 22.9. The van der Waals surface area contributed by atoms with E-state index in [0.717, 1.165) is 30.2 Å². The largest absolute Gasteiger partial charge is 0.358 e. The molecule has 0 spiro atoms. The third kappa shape index (κ3) is 6.39. The Kier molecular flexibility index (Phi) is 8.57. The van der Waals surface area contributed by atoms with Crippen molar-refractivity contribution < 1.29 is 28.0 Å². The summed E-state index contributed by atoms with van der Waals surface area (Å²) in [6.45, 7) is 6.06. The molecule has 4 amide bonds. The van der Waals surface area contributed by atoms with Crippen molar-refractivity contribution in [2.24, 2.45) is 23.2 Å². The maximum atomic E-state index is 14.1. The molecule has 2 aliphatic heterocycles. The highest BCUT2D eigenvalue weighted by Crippen LogP contribution is 2.44. The lowest BCUT2D eigenvalue weighted by Gasteiger charge is -2.38. The Morgan fingerprint density at radius 3 is 2.62 bits per heavy atom. The van der Waals surface area contributed by atoms with Gasteiger partial charge in [0.1, 0.15) is 24.2 Å². The number of likely N-dealkylation sites (tertiary alicyclic amines) is 1. The number of hydrogen-bond donors (Lipinski definition) is 3. The average Bonchev–Trinajstić information content (AvgIpc) is 3.57. The quantitative estimate of drug-likeness (QED) is 0.258. The number of carbonyl (C=O) groups is 4. The van der Waals surface area contributed by atoms with Crippen molar-refractivity contribution in [2.45, 2.75) is 64.2 Å². The molecule has 6 atom stereocenters. The maximum absolute atomic E-state index is 14.1. The van der Waals surface area contributed by atoms with Gasteiger partial charge in [0.25, 0.3) is 17.4 Å². The van der Waals surface area contributed by atoms with Gasteiger partial charge in [-0.25, -0.2) is 14.4 Å². The molecule has 1 aromatic heterocycles. The molecule has 39 heavy (non-hydrogen) atoms. The van der Waals surface area contributed by atoms with Crippen molar-refractivity contribution in [2.75, 3.05) is 25.0 Å². The smallest absolute Gasteiger partial charge is 0.288 e. The normalized spacial score (nSPS) is 26.0. The van der Waals surface area contributed by atoms with Gasteiger partial charge in [0.05, 0.1) is 12.5 Å². The summed E-state index contributed by atoms with van der Waals surface area (Å²) in [6.07, 6.45) is 3.89. The summed E-state index contributed by atoms with van der Waals surface area (Å²) in [4.78, 5) is 61.6. The van der Waals surface area contributed by atoms with E-state index in [1.165, 1.54) is 4.90 Å². The molecule has 3 fully saturated rings. The molecule has 3 aliphatic rings. The molecule has 11 nitrogen and oxygen atoms in total. The van der Waals surface area contributed by atoms with Gasteiger partial charge in [-0.05, 0) is 36.5 Å². The predicted octanol–water partition coefficient (Wildman–Crippen LogP) is 1.60. The molecule has 4 rings (SSSR count). The number of hydrazine groups is 1.